The van der Waals surface area contributed by atoms with Gasteiger partial charge in [-0.05, 0) is 12.8 Å². The van der Waals surface area contributed by atoms with Crippen LogP contribution in [0.3, 0.4) is 0 Å². The third-order valence-electron chi connectivity index (χ3n) is 3.85. The summed E-state index contributed by atoms with van der Waals surface area (Å²) in [5.74, 6) is -1.05. The van der Waals surface area contributed by atoms with Crippen molar-refractivity contribution in [3.8, 4) is 0 Å². The van der Waals surface area contributed by atoms with Crippen LogP contribution in [-0.4, -0.2) is 71.9 Å². The second-order valence-electron chi connectivity index (χ2n) is 5.71. The Hall–Kier alpha value is -1.95. The van der Waals surface area contributed by atoms with Crippen LogP contribution in [0.1, 0.15) is 23.2 Å². The van der Waals surface area contributed by atoms with Crippen molar-refractivity contribution in [2.24, 2.45) is 0 Å². The lowest BCUT2D eigenvalue weighted by Crippen LogP contribution is -2.50. The molecule has 1 fully saturated rings. The Morgan fingerprint density at radius 2 is 2.00 bits per heavy atom. The maximum atomic E-state index is 12.7. The SMILES string of the molecule is CS(=O)(=O)N(CC(F)(F)F)C1CCN(c2ncncc2C(=O)O)CC1. The van der Waals surface area contributed by atoms with Crippen molar-refractivity contribution in [1.82, 2.24) is 14.3 Å². The van der Waals surface area contributed by atoms with E-state index in [1.807, 2.05) is 0 Å². The van der Waals surface area contributed by atoms with Gasteiger partial charge in [0.1, 0.15) is 24.3 Å². The van der Waals surface area contributed by atoms with E-state index in [-0.39, 0.29) is 37.3 Å². The topological polar surface area (TPSA) is 104 Å². The van der Waals surface area contributed by atoms with Crippen LogP contribution in [0.15, 0.2) is 12.5 Å². The molecule has 25 heavy (non-hydrogen) atoms. The van der Waals surface area contributed by atoms with Gasteiger partial charge in [-0.1, -0.05) is 0 Å². The molecular weight excluding hydrogens is 365 g/mol. The molecule has 1 aliphatic rings. The average Bonchev–Trinajstić information content (AvgIpc) is 2.51. The van der Waals surface area contributed by atoms with Crippen LogP contribution in [0.5, 0.6) is 0 Å². The summed E-state index contributed by atoms with van der Waals surface area (Å²) in [7, 11) is -4.03. The largest absolute Gasteiger partial charge is 0.477 e. The van der Waals surface area contributed by atoms with Gasteiger partial charge in [0, 0.05) is 25.3 Å². The quantitative estimate of drug-likeness (QED) is 0.809. The number of carbonyl (C=O) groups is 1. The predicted octanol–water partition coefficient (Wildman–Crippen LogP) is 0.967. The number of rotatable bonds is 5. The van der Waals surface area contributed by atoms with Crippen molar-refractivity contribution in [2.75, 3.05) is 30.8 Å². The van der Waals surface area contributed by atoms with Crippen molar-refractivity contribution >= 4 is 21.8 Å². The third-order valence-corrected chi connectivity index (χ3v) is 5.13. The van der Waals surface area contributed by atoms with E-state index in [9.17, 15) is 26.4 Å². The summed E-state index contributed by atoms with van der Waals surface area (Å²) in [5.41, 5.74) is -0.115. The first-order valence-corrected chi connectivity index (χ1v) is 9.15. The van der Waals surface area contributed by atoms with Gasteiger partial charge in [0.25, 0.3) is 0 Å². The van der Waals surface area contributed by atoms with Gasteiger partial charge in [0.15, 0.2) is 0 Å². The van der Waals surface area contributed by atoms with Gasteiger partial charge in [0.05, 0.1) is 6.26 Å². The molecule has 8 nitrogen and oxygen atoms in total. The Bertz CT molecular complexity index is 733. The first-order valence-electron chi connectivity index (χ1n) is 7.31. The highest BCUT2D eigenvalue weighted by atomic mass is 32.2. The van der Waals surface area contributed by atoms with Gasteiger partial charge in [0.2, 0.25) is 10.0 Å². The smallest absolute Gasteiger partial charge is 0.402 e. The highest BCUT2D eigenvalue weighted by Gasteiger charge is 2.39. The molecular formula is C13H17F3N4O4S. The zero-order chi connectivity index (χ0) is 18.8. The van der Waals surface area contributed by atoms with Crippen molar-refractivity contribution in [2.45, 2.75) is 25.1 Å². The molecule has 12 heteroatoms. The van der Waals surface area contributed by atoms with Crippen LogP contribution in [0, 0.1) is 0 Å². The summed E-state index contributed by atoms with van der Waals surface area (Å²) >= 11 is 0. The van der Waals surface area contributed by atoms with Gasteiger partial charge < -0.3 is 10.0 Å². The number of alkyl halides is 3. The average molecular weight is 382 g/mol. The Balaban J connectivity index is 2.14. The normalized spacial score (nSPS) is 17.1. The second-order valence-corrected chi connectivity index (χ2v) is 7.64. The molecule has 1 saturated heterocycles. The number of hydrogen-bond donors (Lipinski definition) is 1. The van der Waals surface area contributed by atoms with E-state index in [2.05, 4.69) is 9.97 Å². The standard InChI is InChI=1S/C13H17F3N4O4S/c1-25(23,24)20(7-13(14,15)16)9-2-4-19(5-3-9)11-10(12(21)22)6-17-8-18-11/h6,8-9H,2-5,7H2,1H3,(H,21,22). The van der Waals surface area contributed by atoms with Gasteiger partial charge >= 0.3 is 12.1 Å². The molecule has 1 N–H and O–H groups in total. The minimum absolute atomic E-state index is 0.115. The first-order chi connectivity index (χ1) is 11.5. The minimum atomic E-state index is -4.64. The van der Waals surface area contributed by atoms with Crippen molar-refractivity contribution in [3.05, 3.63) is 18.1 Å². The number of aromatic carboxylic acids is 1. The number of carboxylic acids is 1. The lowest BCUT2D eigenvalue weighted by Gasteiger charge is -2.38. The maximum Gasteiger partial charge on any atom is 0.402 e. The van der Waals surface area contributed by atoms with E-state index in [1.54, 1.807) is 4.90 Å². The van der Waals surface area contributed by atoms with Crippen LogP contribution >= 0.6 is 0 Å². The second kappa shape index (κ2) is 7.12. The zero-order valence-electron chi connectivity index (χ0n) is 13.3. The molecule has 0 saturated carbocycles. The summed E-state index contributed by atoms with van der Waals surface area (Å²) in [6.07, 6.45) is -1.30. The first kappa shape index (κ1) is 19.4. The molecule has 2 heterocycles. The number of carboxylic acid groups (broad SMARTS) is 1. The van der Waals surface area contributed by atoms with E-state index in [1.165, 1.54) is 6.33 Å². The molecule has 0 aromatic carbocycles. The zero-order valence-corrected chi connectivity index (χ0v) is 14.1. The number of nitrogens with zero attached hydrogens (tertiary/aromatic N) is 4. The molecule has 2 rings (SSSR count). The van der Waals surface area contributed by atoms with Gasteiger partial charge in [-0.2, -0.15) is 17.5 Å². The summed E-state index contributed by atoms with van der Waals surface area (Å²) in [6, 6.07) is -0.803. The molecule has 0 atom stereocenters. The lowest BCUT2D eigenvalue weighted by molar-refractivity contribution is -0.139. The molecule has 0 bridgehead atoms. The number of anilines is 1. The van der Waals surface area contributed by atoms with Crippen molar-refractivity contribution in [1.29, 1.82) is 0 Å². The van der Waals surface area contributed by atoms with E-state index in [0.717, 1.165) is 12.5 Å². The molecule has 1 aliphatic heterocycles. The Morgan fingerprint density at radius 3 is 2.48 bits per heavy atom. The molecule has 140 valence electrons. The van der Waals surface area contributed by atoms with Gasteiger partial charge in [-0.15, -0.1) is 0 Å². The van der Waals surface area contributed by atoms with E-state index in [0.29, 0.717) is 4.31 Å². The van der Waals surface area contributed by atoms with Gasteiger partial charge in [-0.3, -0.25) is 0 Å². The number of piperidine rings is 1. The van der Waals surface area contributed by atoms with Crippen LogP contribution in [-0.2, 0) is 10.0 Å². The molecule has 0 radical (unpaired) electrons. The summed E-state index contributed by atoms with van der Waals surface area (Å²) in [5, 5.41) is 9.15. The minimum Gasteiger partial charge on any atom is -0.477 e. The molecule has 0 amide bonds. The fraction of sp³-hybridized carbons (Fsp3) is 0.615. The highest BCUT2D eigenvalue weighted by molar-refractivity contribution is 7.88. The van der Waals surface area contributed by atoms with E-state index in [4.69, 9.17) is 5.11 Å². The monoisotopic (exact) mass is 382 g/mol. The Morgan fingerprint density at radius 1 is 1.40 bits per heavy atom. The maximum absolute atomic E-state index is 12.7. The number of aromatic nitrogens is 2. The Kier molecular flexibility index (Phi) is 5.52. The van der Waals surface area contributed by atoms with Crippen molar-refractivity contribution in [3.63, 3.8) is 0 Å². The highest BCUT2D eigenvalue weighted by Crippen LogP contribution is 2.27. The summed E-state index contributed by atoms with van der Waals surface area (Å²) < 4.78 is 61.9. The lowest BCUT2D eigenvalue weighted by atomic mass is 10.0. The number of sulfonamides is 1. The van der Waals surface area contributed by atoms with Gasteiger partial charge in [-0.25, -0.2) is 23.2 Å². The number of halogens is 3. The van der Waals surface area contributed by atoms with Crippen molar-refractivity contribution < 1.29 is 31.5 Å². The fourth-order valence-electron chi connectivity index (χ4n) is 2.79. The molecule has 0 aliphatic carbocycles. The predicted molar refractivity (Wildman–Crippen MR) is 81.8 cm³/mol. The van der Waals surface area contributed by atoms with Crippen LogP contribution in [0.2, 0.25) is 0 Å². The van der Waals surface area contributed by atoms with E-state index < -0.39 is 34.8 Å². The van der Waals surface area contributed by atoms with Crippen LogP contribution < -0.4 is 4.90 Å². The van der Waals surface area contributed by atoms with Crippen LogP contribution in [0.4, 0.5) is 19.0 Å². The molecule has 1 aromatic heterocycles. The molecule has 0 unspecified atom stereocenters. The molecule has 0 spiro atoms. The number of hydrogen-bond acceptors (Lipinski definition) is 6. The van der Waals surface area contributed by atoms with Crippen LogP contribution in [0.25, 0.3) is 0 Å². The third kappa shape index (κ3) is 5.01. The fourth-order valence-corrected chi connectivity index (χ4v) is 3.92. The molecule has 1 aromatic rings. The Labute approximate surface area is 142 Å². The summed E-state index contributed by atoms with van der Waals surface area (Å²) in [6.45, 7) is -1.16. The van der Waals surface area contributed by atoms with E-state index >= 15 is 0 Å². The summed E-state index contributed by atoms with van der Waals surface area (Å²) in [4.78, 5) is 20.4.